The van der Waals surface area contributed by atoms with Crippen molar-refractivity contribution >= 4 is 50.8 Å². The maximum absolute atomic E-state index is 13.9. The van der Waals surface area contributed by atoms with Crippen molar-refractivity contribution in [2.75, 3.05) is 40.3 Å². The van der Waals surface area contributed by atoms with E-state index in [0.717, 1.165) is 24.5 Å². The molecule has 16 heteroatoms. The second-order valence-electron chi connectivity index (χ2n) is 10.5. The smallest absolute Gasteiger partial charge is 0.303 e. The molecule has 2 aromatic rings. The third-order valence-corrected chi connectivity index (χ3v) is 7.87. The largest absolute Gasteiger partial charge is 0.449 e. The lowest BCUT2D eigenvalue weighted by molar-refractivity contribution is -0.168. The molecule has 0 fully saturated rings. The number of hydrogen-bond donors (Lipinski definition) is 2. The number of carbonyl (C=O) groups is 5. The van der Waals surface area contributed by atoms with Crippen LogP contribution in [-0.2, 0) is 54.1 Å². The first kappa shape index (κ1) is 37.6. The first-order chi connectivity index (χ1) is 21.1. The summed E-state index contributed by atoms with van der Waals surface area (Å²) in [5.41, 5.74) is -1.47. The third kappa shape index (κ3) is 12.4. The standard InChI is InChI=1S/C29H39N3O11S2/c1-18-30-14-25(44-18)28(37)32-23(16-41-5)24(34)13-21(15-40-4)27(36)31-22(12-20-10-8-7-9-11-20)26(35)29(3,43-19(2)33)17-42-45(6,38)39/h7-11,14,21-23H,12-13,15-17H2,1-6H3,(H,31,36)(H,32,37)/t21-,22-,23-,29+/m0/s1. The number of nitrogens with zero attached hydrogens (tertiary/aromatic N) is 1. The summed E-state index contributed by atoms with van der Waals surface area (Å²) in [5, 5.41) is 5.90. The Kier molecular flexibility index (Phi) is 14.4. The SMILES string of the molecule is COC[C@H](CC(=O)[C@H](COC)NC(=O)c1cnc(C)s1)C(=O)N[C@@H](Cc1ccccc1)C(=O)[C@@](C)(COS(C)(=O)=O)OC(C)=O. The molecule has 0 bridgehead atoms. The number of aryl methyl sites for hydroxylation is 1. The van der Waals surface area contributed by atoms with Crippen molar-refractivity contribution in [3.05, 3.63) is 52.0 Å². The fourth-order valence-corrected chi connectivity index (χ4v) is 5.42. The van der Waals surface area contributed by atoms with E-state index < -0.39 is 69.7 Å². The van der Waals surface area contributed by atoms with Gasteiger partial charge in [-0.2, -0.15) is 8.42 Å². The van der Waals surface area contributed by atoms with Gasteiger partial charge in [-0.15, -0.1) is 11.3 Å². The predicted octanol–water partition coefficient (Wildman–Crippen LogP) is 1.01. The topological polar surface area (TPSA) is 193 Å². The van der Waals surface area contributed by atoms with Gasteiger partial charge in [0.2, 0.25) is 11.7 Å². The maximum Gasteiger partial charge on any atom is 0.303 e. The van der Waals surface area contributed by atoms with E-state index in [1.807, 2.05) is 0 Å². The summed E-state index contributed by atoms with van der Waals surface area (Å²) < 4.78 is 43.8. The Morgan fingerprint density at radius 1 is 1.00 bits per heavy atom. The molecule has 1 aromatic heterocycles. The average Bonchev–Trinajstić information content (AvgIpc) is 3.41. The highest BCUT2D eigenvalue weighted by molar-refractivity contribution is 7.86. The summed E-state index contributed by atoms with van der Waals surface area (Å²) in [6.45, 7) is 2.75. The van der Waals surface area contributed by atoms with Crippen molar-refractivity contribution in [2.24, 2.45) is 5.92 Å². The Hall–Kier alpha value is -3.57. The molecule has 248 valence electrons. The molecule has 0 radical (unpaired) electrons. The highest BCUT2D eigenvalue weighted by atomic mass is 32.2. The fraction of sp³-hybridized carbons (Fsp3) is 0.517. The minimum atomic E-state index is -4.03. The Morgan fingerprint density at radius 2 is 1.64 bits per heavy atom. The summed E-state index contributed by atoms with van der Waals surface area (Å²) >= 11 is 1.15. The number of amides is 2. The summed E-state index contributed by atoms with van der Waals surface area (Å²) in [6, 6.07) is 6.18. The van der Waals surface area contributed by atoms with Gasteiger partial charge in [0.05, 0.1) is 42.6 Å². The Labute approximate surface area is 266 Å². The summed E-state index contributed by atoms with van der Waals surface area (Å²) in [4.78, 5) is 69.8. The average molecular weight is 670 g/mol. The number of benzene rings is 1. The number of aromatic nitrogens is 1. The van der Waals surface area contributed by atoms with Gasteiger partial charge < -0.3 is 24.8 Å². The first-order valence-electron chi connectivity index (χ1n) is 13.7. The van der Waals surface area contributed by atoms with E-state index in [4.69, 9.17) is 18.4 Å². The quantitative estimate of drug-likeness (QED) is 0.160. The first-order valence-corrected chi connectivity index (χ1v) is 16.4. The van der Waals surface area contributed by atoms with Gasteiger partial charge in [0.1, 0.15) is 17.5 Å². The predicted molar refractivity (Wildman–Crippen MR) is 163 cm³/mol. The van der Waals surface area contributed by atoms with Gasteiger partial charge in [-0.25, -0.2) is 4.98 Å². The molecule has 0 saturated carbocycles. The van der Waals surface area contributed by atoms with Crippen LogP contribution in [0.3, 0.4) is 0 Å². The number of thiazole rings is 1. The fourth-order valence-electron chi connectivity index (χ4n) is 4.30. The van der Waals surface area contributed by atoms with Gasteiger partial charge in [0.25, 0.3) is 16.0 Å². The lowest BCUT2D eigenvalue weighted by atomic mass is 9.90. The summed E-state index contributed by atoms with van der Waals surface area (Å²) in [7, 11) is -1.35. The van der Waals surface area contributed by atoms with Crippen LogP contribution < -0.4 is 10.6 Å². The molecule has 14 nitrogen and oxygen atoms in total. The third-order valence-electron chi connectivity index (χ3n) is 6.41. The summed E-state index contributed by atoms with van der Waals surface area (Å²) in [5.74, 6) is -4.63. The Bertz CT molecular complexity index is 1450. The van der Waals surface area contributed by atoms with Gasteiger partial charge in [-0.05, 0) is 25.8 Å². The van der Waals surface area contributed by atoms with Gasteiger partial charge in [0.15, 0.2) is 11.4 Å². The zero-order valence-corrected chi connectivity index (χ0v) is 27.6. The zero-order chi connectivity index (χ0) is 33.8. The van der Waals surface area contributed by atoms with Gasteiger partial charge >= 0.3 is 5.97 Å². The van der Waals surface area contributed by atoms with Crippen LogP contribution in [0.5, 0.6) is 0 Å². The van der Waals surface area contributed by atoms with Crippen molar-refractivity contribution in [1.29, 1.82) is 0 Å². The molecule has 45 heavy (non-hydrogen) atoms. The molecule has 2 rings (SSSR count). The summed E-state index contributed by atoms with van der Waals surface area (Å²) in [6.07, 6.45) is 1.71. The van der Waals surface area contributed by atoms with Crippen LogP contribution in [0.2, 0.25) is 0 Å². The monoisotopic (exact) mass is 669 g/mol. The van der Waals surface area contributed by atoms with Crippen LogP contribution >= 0.6 is 11.3 Å². The molecule has 1 aromatic carbocycles. The second kappa shape index (κ2) is 17.2. The number of hydrogen-bond acceptors (Lipinski definition) is 13. The van der Waals surface area contributed by atoms with E-state index in [1.54, 1.807) is 37.3 Å². The lowest BCUT2D eigenvalue weighted by Gasteiger charge is -2.32. The molecule has 0 aliphatic heterocycles. The van der Waals surface area contributed by atoms with Crippen molar-refractivity contribution in [1.82, 2.24) is 15.6 Å². The number of methoxy groups -OCH3 is 2. The zero-order valence-electron chi connectivity index (χ0n) is 26.0. The Morgan fingerprint density at radius 3 is 2.18 bits per heavy atom. The molecular formula is C29H39N3O11S2. The van der Waals surface area contributed by atoms with Gasteiger partial charge in [-0.3, -0.25) is 28.2 Å². The highest BCUT2D eigenvalue weighted by Gasteiger charge is 2.43. The van der Waals surface area contributed by atoms with Crippen LogP contribution in [0.25, 0.3) is 0 Å². The van der Waals surface area contributed by atoms with Crippen LogP contribution in [0, 0.1) is 12.8 Å². The maximum atomic E-state index is 13.9. The molecule has 0 unspecified atom stereocenters. The van der Waals surface area contributed by atoms with Crippen molar-refractivity contribution in [3.8, 4) is 0 Å². The van der Waals surface area contributed by atoms with Crippen molar-refractivity contribution in [3.63, 3.8) is 0 Å². The molecule has 0 saturated heterocycles. The van der Waals surface area contributed by atoms with Gasteiger partial charge in [0, 0.05) is 27.6 Å². The van der Waals surface area contributed by atoms with E-state index in [1.165, 1.54) is 27.3 Å². The molecule has 4 atom stereocenters. The van der Waals surface area contributed by atoms with Crippen LogP contribution in [0.1, 0.15) is 40.5 Å². The number of ketones is 2. The van der Waals surface area contributed by atoms with E-state index >= 15 is 0 Å². The molecule has 2 amide bonds. The second-order valence-corrected chi connectivity index (χ2v) is 13.3. The molecule has 0 spiro atoms. The molecular weight excluding hydrogens is 630 g/mol. The molecule has 2 N–H and O–H groups in total. The number of ether oxygens (including phenoxy) is 3. The number of rotatable bonds is 19. The number of Topliss-reactive ketones (excluding diaryl/α,β-unsaturated/α-hetero) is 2. The number of carbonyl (C=O) groups excluding carboxylic acids is 5. The minimum absolute atomic E-state index is 0.0641. The minimum Gasteiger partial charge on any atom is -0.449 e. The van der Waals surface area contributed by atoms with E-state index in [0.29, 0.717) is 15.4 Å². The van der Waals surface area contributed by atoms with E-state index in [-0.39, 0.29) is 26.1 Å². The van der Waals surface area contributed by atoms with Crippen LogP contribution in [0.4, 0.5) is 0 Å². The van der Waals surface area contributed by atoms with Gasteiger partial charge in [-0.1, -0.05) is 30.3 Å². The van der Waals surface area contributed by atoms with Crippen molar-refractivity contribution < 1.29 is 50.8 Å². The lowest BCUT2D eigenvalue weighted by Crippen LogP contribution is -2.56. The molecule has 0 aliphatic carbocycles. The van der Waals surface area contributed by atoms with Crippen molar-refractivity contribution in [2.45, 2.75) is 51.3 Å². The van der Waals surface area contributed by atoms with Crippen LogP contribution in [-0.4, -0.2) is 101 Å². The number of esters is 1. The van der Waals surface area contributed by atoms with E-state index in [2.05, 4.69) is 15.6 Å². The van der Waals surface area contributed by atoms with Crippen LogP contribution in [0.15, 0.2) is 36.5 Å². The normalized spacial score (nSPS) is 14.8. The van der Waals surface area contributed by atoms with E-state index in [9.17, 15) is 32.4 Å². The molecule has 1 heterocycles. The highest BCUT2D eigenvalue weighted by Crippen LogP contribution is 2.20. The number of nitrogens with one attached hydrogen (secondary N) is 2. The Balaban J connectivity index is 2.34. The molecule has 0 aliphatic rings.